The van der Waals surface area contributed by atoms with E-state index >= 15 is 0 Å². The van der Waals surface area contributed by atoms with Crippen LogP contribution in [0, 0.1) is 5.82 Å². The summed E-state index contributed by atoms with van der Waals surface area (Å²) in [5.74, 6) is -0.490. The molecule has 2 aromatic carbocycles. The molecule has 0 bridgehead atoms. The molecule has 2 nitrogen and oxygen atoms in total. The average Bonchev–Trinajstić information content (AvgIpc) is 3.03. The summed E-state index contributed by atoms with van der Waals surface area (Å²) in [5.41, 5.74) is 2.45. The monoisotopic (exact) mass is 295 g/mol. The molecule has 1 aliphatic heterocycles. The Labute approximate surface area is 124 Å². The first-order valence-corrected chi connectivity index (χ1v) is 7.34. The Balaban J connectivity index is 1.80. The van der Waals surface area contributed by atoms with Gasteiger partial charge >= 0.3 is 0 Å². The van der Waals surface area contributed by atoms with Crippen LogP contribution in [-0.2, 0) is 0 Å². The summed E-state index contributed by atoms with van der Waals surface area (Å²) < 4.78 is 13.3. The molecule has 1 aliphatic rings. The Kier molecular flexibility index (Phi) is 2.72. The molecular weight excluding hydrogens is 285 g/mol. The third kappa shape index (κ3) is 1.99. The van der Waals surface area contributed by atoms with Crippen LogP contribution >= 0.6 is 11.8 Å². The van der Waals surface area contributed by atoms with Gasteiger partial charge in [0.15, 0.2) is 0 Å². The van der Waals surface area contributed by atoms with E-state index in [0.29, 0.717) is 10.5 Å². The highest BCUT2D eigenvalue weighted by Crippen LogP contribution is 2.41. The molecule has 0 unspecified atom stereocenters. The van der Waals surface area contributed by atoms with Gasteiger partial charge < -0.3 is 4.98 Å². The summed E-state index contributed by atoms with van der Waals surface area (Å²) >= 11 is 1.39. The number of thioether (sulfide) groups is 1. The van der Waals surface area contributed by atoms with Crippen molar-refractivity contribution in [2.45, 2.75) is 4.90 Å². The first-order valence-electron chi connectivity index (χ1n) is 6.52. The average molecular weight is 295 g/mol. The van der Waals surface area contributed by atoms with Crippen molar-refractivity contribution in [3.8, 4) is 0 Å². The topological polar surface area (TPSA) is 32.9 Å². The van der Waals surface area contributed by atoms with Crippen molar-refractivity contribution in [1.29, 1.82) is 0 Å². The van der Waals surface area contributed by atoms with Gasteiger partial charge in [-0.3, -0.25) is 4.79 Å². The van der Waals surface area contributed by atoms with Crippen LogP contribution < -0.4 is 0 Å². The number of para-hydroxylation sites is 1. The van der Waals surface area contributed by atoms with Crippen LogP contribution in [0.3, 0.4) is 0 Å². The second-order valence-electron chi connectivity index (χ2n) is 4.87. The van der Waals surface area contributed by atoms with Crippen molar-refractivity contribution >= 4 is 34.5 Å². The number of Topliss-reactive ketones (excluding diaryl/α,β-unsaturated/α-hetero) is 1. The van der Waals surface area contributed by atoms with Crippen molar-refractivity contribution in [2.24, 2.45) is 0 Å². The van der Waals surface area contributed by atoms with Crippen molar-refractivity contribution < 1.29 is 9.18 Å². The zero-order valence-electron chi connectivity index (χ0n) is 10.9. The van der Waals surface area contributed by atoms with Crippen LogP contribution in [0.4, 0.5) is 4.39 Å². The summed E-state index contributed by atoms with van der Waals surface area (Å²) in [6, 6.07) is 12.3. The minimum atomic E-state index is -0.379. The largest absolute Gasteiger partial charge is 0.361 e. The van der Waals surface area contributed by atoms with E-state index in [1.165, 1.54) is 23.9 Å². The molecule has 4 heteroatoms. The van der Waals surface area contributed by atoms with Crippen LogP contribution in [0.1, 0.15) is 15.9 Å². The number of ketones is 1. The summed E-state index contributed by atoms with van der Waals surface area (Å²) in [5, 5.41) is 1.07. The number of halogens is 1. The van der Waals surface area contributed by atoms with Crippen LogP contribution in [-0.4, -0.2) is 10.8 Å². The molecule has 0 amide bonds. The molecule has 0 atom stereocenters. The normalized spacial score (nSPS) is 15.9. The van der Waals surface area contributed by atoms with Gasteiger partial charge in [0, 0.05) is 33.1 Å². The lowest BCUT2D eigenvalue weighted by Gasteiger charge is -1.94. The fraction of sp³-hybridized carbons (Fsp3) is 0. The van der Waals surface area contributed by atoms with E-state index in [1.54, 1.807) is 6.07 Å². The molecule has 21 heavy (non-hydrogen) atoms. The number of aromatic nitrogens is 1. The number of H-pyrrole nitrogens is 1. The van der Waals surface area contributed by atoms with Gasteiger partial charge in [0.1, 0.15) is 5.82 Å². The molecule has 0 aliphatic carbocycles. The lowest BCUT2D eigenvalue weighted by atomic mass is 10.1. The second-order valence-corrected chi connectivity index (χ2v) is 5.95. The molecule has 0 saturated carbocycles. The van der Waals surface area contributed by atoms with Gasteiger partial charge in [0.05, 0.1) is 4.91 Å². The third-order valence-corrected chi connectivity index (χ3v) is 4.64. The number of hydrogen-bond donors (Lipinski definition) is 1. The Morgan fingerprint density at radius 2 is 2.00 bits per heavy atom. The number of carbonyl (C=O) groups excluding carboxylic acids is 1. The molecule has 0 radical (unpaired) electrons. The van der Waals surface area contributed by atoms with Crippen LogP contribution in [0.15, 0.2) is 58.5 Å². The predicted molar refractivity (Wildman–Crippen MR) is 82.9 cm³/mol. The lowest BCUT2D eigenvalue weighted by Crippen LogP contribution is -1.94. The van der Waals surface area contributed by atoms with E-state index in [9.17, 15) is 9.18 Å². The fourth-order valence-corrected chi connectivity index (χ4v) is 3.54. The minimum absolute atomic E-state index is 0.111. The number of rotatable bonds is 1. The van der Waals surface area contributed by atoms with Gasteiger partial charge in [-0.15, -0.1) is 0 Å². The van der Waals surface area contributed by atoms with Crippen LogP contribution in [0.2, 0.25) is 0 Å². The number of fused-ring (bicyclic) bond motifs is 2. The Bertz CT molecular complexity index is 910. The maximum absolute atomic E-state index is 13.3. The number of hydrogen-bond acceptors (Lipinski definition) is 2. The molecule has 3 aromatic rings. The fourth-order valence-electron chi connectivity index (χ4n) is 2.52. The lowest BCUT2D eigenvalue weighted by molar-refractivity contribution is 0.104. The zero-order valence-corrected chi connectivity index (χ0v) is 11.7. The quantitative estimate of drug-likeness (QED) is 0.664. The van der Waals surface area contributed by atoms with Gasteiger partial charge in [-0.25, -0.2) is 4.39 Å². The van der Waals surface area contributed by atoms with Crippen molar-refractivity contribution in [3.05, 3.63) is 70.5 Å². The first kappa shape index (κ1) is 12.4. The molecule has 0 saturated heterocycles. The van der Waals surface area contributed by atoms with Gasteiger partial charge in [0.25, 0.3) is 0 Å². The van der Waals surface area contributed by atoms with Crippen molar-refractivity contribution in [1.82, 2.24) is 4.98 Å². The van der Waals surface area contributed by atoms with Crippen molar-refractivity contribution in [3.63, 3.8) is 0 Å². The van der Waals surface area contributed by atoms with E-state index in [0.717, 1.165) is 21.4 Å². The Morgan fingerprint density at radius 3 is 2.90 bits per heavy atom. The smallest absolute Gasteiger partial charge is 0.200 e. The van der Waals surface area contributed by atoms with E-state index in [-0.39, 0.29) is 11.6 Å². The maximum Gasteiger partial charge on any atom is 0.200 e. The molecule has 102 valence electrons. The van der Waals surface area contributed by atoms with E-state index in [4.69, 9.17) is 0 Å². The van der Waals surface area contributed by atoms with E-state index < -0.39 is 0 Å². The van der Waals surface area contributed by atoms with Gasteiger partial charge in [-0.2, -0.15) is 0 Å². The minimum Gasteiger partial charge on any atom is -0.361 e. The highest BCUT2D eigenvalue weighted by atomic mass is 32.2. The molecule has 0 fully saturated rings. The Hall–Kier alpha value is -2.33. The standard InChI is InChI=1S/C17H10FNOS/c18-11-5-6-15-13(8-11)17(20)16(21-15)7-10-9-19-14-4-2-1-3-12(10)14/h1-9,19H/b16-7-. The van der Waals surface area contributed by atoms with Gasteiger partial charge in [-0.05, 0) is 30.3 Å². The molecule has 4 rings (SSSR count). The summed E-state index contributed by atoms with van der Waals surface area (Å²) in [4.78, 5) is 17.0. The van der Waals surface area contributed by atoms with Crippen LogP contribution in [0.25, 0.3) is 17.0 Å². The SMILES string of the molecule is O=C1/C(=C/c2c[nH]c3ccccc23)Sc2ccc(F)cc21. The first-order chi connectivity index (χ1) is 10.2. The predicted octanol–water partition coefficient (Wildman–Crippen LogP) is 4.64. The molecule has 0 spiro atoms. The van der Waals surface area contributed by atoms with Gasteiger partial charge in [-0.1, -0.05) is 30.0 Å². The highest BCUT2D eigenvalue weighted by molar-refractivity contribution is 8.04. The molecule has 1 N–H and O–H groups in total. The third-order valence-electron chi connectivity index (χ3n) is 3.54. The van der Waals surface area contributed by atoms with Crippen molar-refractivity contribution in [2.75, 3.05) is 0 Å². The van der Waals surface area contributed by atoms with Gasteiger partial charge in [0.2, 0.25) is 5.78 Å². The number of nitrogens with one attached hydrogen (secondary N) is 1. The maximum atomic E-state index is 13.3. The number of allylic oxidation sites excluding steroid dienone is 1. The molecule has 1 aromatic heterocycles. The number of benzene rings is 2. The number of carbonyl (C=O) groups is 1. The molecular formula is C17H10FNOS. The molecule has 2 heterocycles. The van der Waals surface area contributed by atoms with E-state index in [1.807, 2.05) is 36.5 Å². The summed E-state index contributed by atoms with van der Waals surface area (Å²) in [6.07, 6.45) is 3.75. The zero-order chi connectivity index (χ0) is 14.4. The van der Waals surface area contributed by atoms with Crippen LogP contribution in [0.5, 0.6) is 0 Å². The highest BCUT2D eigenvalue weighted by Gasteiger charge is 2.26. The summed E-state index contributed by atoms with van der Waals surface area (Å²) in [7, 11) is 0. The number of aromatic amines is 1. The second kappa shape index (κ2) is 4.60. The Morgan fingerprint density at radius 1 is 1.14 bits per heavy atom. The van der Waals surface area contributed by atoms with E-state index in [2.05, 4.69) is 4.98 Å². The summed E-state index contributed by atoms with van der Waals surface area (Å²) in [6.45, 7) is 0.